The van der Waals surface area contributed by atoms with Crippen molar-refractivity contribution in [3.8, 4) is 5.88 Å². The van der Waals surface area contributed by atoms with Gasteiger partial charge >= 0.3 is 0 Å². The first kappa shape index (κ1) is 18.4. The van der Waals surface area contributed by atoms with E-state index in [2.05, 4.69) is 25.8 Å². The Morgan fingerprint density at radius 1 is 1.17 bits per heavy atom. The van der Waals surface area contributed by atoms with Crippen molar-refractivity contribution in [2.75, 3.05) is 12.4 Å². The van der Waals surface area contributed by atoms with Gasteiger partial charge in [-0.05, 0) is 48.4 Å². The number of nitrogens with zero attached hydrogens (tertiary/aromatic N) is 3. The molecule has 0 aliphatic rings. The molecule has 8 heteroatoms. The summed E-state index contributed by atoms with van der Waals surface area (Å²) in [5.41, 5.74) is 3.65. The quantitative estimate of drug-likeness (QED) is 0.519. The number of benzene rings is 1. The number of anilines is 2. The van der Waals surface area contributed by atoms with E-state index in [4.69, 9.17) is 9.15 Å². The lowest BCUT2D eigenvalue weighted by Crippen LogP contribution is -2.19. The van der Waals surface area contributed by atoms with Crippen LogP contribution >= 0.6 is 0 Å². The molecule has 4 rings (SSSR count). The van der Waals surface area contributed by atoms with Crippen molar-refractivity contribution in [2.24, 2.45) is 0 Å². The minimum atomic E-state index is -0.258. The third-order valence-electron chi connectivity index (χ3n) is 4.30. The standard InChI is InChI=1S/C21H19N5O3/c1-13-4-3-5-15(10-13)24-19-16-7-9-28-18(16)21(26-25-19)29-12-14-6-8-23-17(11-14)20(27)22-2/h3-11H,12H2,1-2H3,(H,22,27)(H,24,25). The zero-order valence-corrected chi connectivity index (χ0v) is 16.0. The number of aryl methyl sites for hydroxylation is 1. The molecule has 0 fully saturated rings. The lowest BCUT2D eigenvalue weighted by atomic mass is 10.2. The maximum absolute atomic E-state index is 11.7. The molecule has 8 nitrogen and oxygen atoms in total. The molecule has 0 spiro atoms. The minimum Gasteiger partial charge on any atom is -0.469 e. The number of amides is 1. The maximum atomic E-state index is 11.7. The SMILES string of the molecule is CNC(=O)c1cc(COc2nnc(Nc3cccc(C)c3)c3ccoc23)ccn1. The number of ether oxygens (including phenoxy) is 1. The largest absolute Gasteiger partial charge is 0.469 e. The second-order valence-electron chi connectivity index (χ2n) is 6.43. The summed E-state index contributed by atoms with van der Waals surface area (Å²) in [4.78, 5) is 15.8. The molecule has 29 heavy (non-hydrogen) atoms. The lowest BCUT2D eigenvalue weighted by molar-refractivity contribution is 0.0958. The van der Waals surface area contributed by atoms with Gasteiger partial charge in [-0.15, -0.1) is 10.2 Å². The van der Waals surface area contributed by atoms with Crippen molar-refractivity contribution in [3.63, 3.8) is 0 Å². The highest BCUT2D eigenvalue weighted by molar-refractivity contribution is 5.92. The second kappa shape index (κ2) is 7.97. The first-order chi connectivity index (χ1) is 14.1. The van der Waals surface area contributed by atoms with Gasteiger partial charge in [-0.25, -0.2) is 0 Å². The molecular weight excluding hydrogens is 370 g/mol. The van der Waals surface area contributed by atoms with Crippen LogP contribution in [0.4, 0.5) is 11.5 Å². The monoisotopic (exact) mass is 389 g/mol. The summed E-state index contributed by atoms with van der Waals surface area (Å²) < 4.78 is 11.4. The van der Waals surface area contributed by atoms with Crippen LogP contribution in [0.15, 0.2) is 59.3 Å². The predicted octanol–water partition coefficient (Wildman–Crippen LogP) is 3.61. The third-order valence-corrected chi connectivity index (χ3v) is 4.30. The molecular formula is C21H19N5O3. The van der Waals surface area contributed by atoms with Crippen LogP contribution in [0.3, 0.4) is 0 Å². The third kappa shape index (κ3) is 4.01. The van der Waals surface area contributed by atoms with E-state index in [0.29, 0.717) is 17.1 Å². The summed E-state index contributed by atoms with van der Waals surface area (Å²) in [6.45, 7) is 2.22. The second-order valence-corrected chi connectivity index (χ2v) is 6.43. The van der Waals surface area contributed by atoms with Gasteiger partial charge in [0.15, 0.2) is 5.82 Å². The molecule has 146 valence electrons. The van der Waals surface area contributed by atoms with Gasteiger partial charge in [-0.1, -0.05) is 12.1 Å². The number of hydrogen-bond donors (Lipinski definition) is 2. The number of fused-ring (bicyclic) bond motifs is 1. The van der Waals surface area contributed by atoms with Crippen molar-refractivity contribution in [2.45, 2.75) is 13.5 Å². The lowest BCUT2D eigenvalue weighted by Gasteiger charge is -2.09. The normalized spacial score (nSPS) is 10.7. The Kier molecular flexibility index (Phi) is 5.07. The Balaban J connectivity index is 1.55. The van der Waals surface area contributed by atoms with E-state index in [0.717, 1.165) is 22.2 Å². The molecule has 0 aliphatic heterocycles. The Morgan fingerprint density at radius 2 is 2.07 bits per heavy atom. The van der Waals surface area contributed by atoms with Crippen molar-refractivity contribution >= 4 is 28.4 Å². The summed E-state index contributed by atoms with van der Waals surface area (Å²) in [6.07, 6.45) is 3.13. The molecule has 1 amide bonds. The molecule has 0 atom stereocenters. The highest BCUT2D eigenvalue weighted by atomic mass is 16.5. The van der Waals surface area contributed by atoms with E-state index in [-0.39, 0.29) is 18.4 Å². The van der Waals surface area contributed by atoms with Gasteiger partial charge < -0.3 is 19.8 Å². The number of hydrogen-bond acceptors (Lipinski definition) is 7. The van der Waals surface area contributed by atoms with Crippen LogP contribution in [-0.2, 0) is 6.61 Å². The first-order valence-corrected chi connectivity index (χ1v) is 9.01. The molecule has 0 saturated heterocycles. The van der Waals surface area contributed by atoms with Crippen LogP contribution in [-0.4, -0.2) is 28.1 Å². The summed E-state index contributed by atoms with van der Waals surface area (Å²) in [7, 11) is 1.56. The molecule has 3 heterocycles. The fourth-order valence-corrected chi connectivity index (χ4v) is 2.87. The molecule has 0 bridgehead atoms. The van der Waals surface area contributed by atoms with E-state index in [1.54, 1.807) is 31.6 Å². The predicted molar refractivity (Wildman–Crippen MR) is 108 cm³/mol. The van der Waals surface area contributed by atoms with Crippen molar-refractivity contribution < 1.29 is 13.9 Å². The Bertz CT molecular complexity index is 1170. The average Bonchev–Trinajstić information content (AvgIpc) is 3.23. The Hall–Kier alpha value is -3.94. The number of furan rings is 1. The molecule has 4 aromatic rings. The van der Waals surface area contributed by atoms with Gasteiger partial charge in [-0.3, -0.25) is 9.78 Å². The summed E-state index contributed by atoms with van der Waals surface area (Å²) in [5, 5.41) is 15.0. The number of carbonyl (C=O) groups excluding carboxylic acids is 1. The van der Waals surface area contributed by atoms with Gasteiger partial charge in [0, 0.05) is 18.9 Å². The van der Waals surface area contributed by atoms with Crippen LogP contribution in [0.25, 0.3) is 11.0 Å². The Labute approximate surface area is 166 Å². The smallest absolute Gasteiger partial charge is 0.278 e. The zero-order chi connectivity index (χ0) is 20.2. The van der Waals surface area contributed by atoms with Crippen molar-refractivity contribution in [1.82, 2.24) is 20.5 Å². The van der Waals surface area contributed by atoms with Crippen LogP contribution in [0, 0.1) is 6.92 Å². The van der Waals surface area contributed by atoms with Crippen LogP contribution in [0.2, 0.25) is 0 Å². The first-order valence-electron chi connectivity index (χ1n) is 9.01. The summed E-state index contributed by atoms with van der Waals surface area (Å²) in [5.74, 6) is 0.599. The Morgan fingerprint density at radius 3 is 2.90 bits per heavy atom. The van der Waals surface area contributed by atoms with Gasteiger partial charge in [0.1, 0.15) is 12.3 Å². The van der Waals surface area contributed by atoms with E-state index < -0.39 is 0 Å². The van der Waals surface area contributed by atoms with Crippen LogP contribution in [0.5, 0.6) is 5.88 Å². The number of rotatable bonds is 6. The molecule has 0 aliphatic carbocycles. The summed E-state index contributed by atoms with van der Waals surface area (Å²) >= 11 is 0. The van der Waals surface area contributed by atoms with Gasteiger partial charge in [0.2, 0.25) is 5.58 Å². The maximum Gasteiger partial charge on any atom is 0.278 e. The number of carbonyl (C=O) groups is 1. The van der Waals surface area contributed by atoms with Gasteiger partial charge in [-0.2, -0.15) is 0 Å². The highest BCUT2D eigenvalue weighted by Gasteiger charge is 2.14. The fraction of sp³-hybridized carbons (Fsp3) is 0.143. The zero-order valence-electron chi connectivity index (χ0n) is 16.0. The van der Waals surface area contributed by atoms with Crippen LogP contribution in [0.1, 0.15) is 21.6 Å². The van der Waals surface area contributed by atoms with Gasteiger partial charge in [0.25, 0.3) is 11.8 Å². The fourth-order valence-electron chi connectivity index (χ4n) is 2.87. The van der Waals surface area contributed by atoms with Gasteiger partial charge in [0.05, 0.1) is 11.6 Å². The molecule has 0 radical (unpaired) electrons. The minimum absolute atomic E-state index is 0.196. The number of nitrogens with one attached hydrogen (secondary N) is 2. The van der Waals surface area contributed by atoms with E-state index in [9.17, 15) is 4.79 Å². The number of aromatic nitrogens is 3. The molecule has 2 N–H and O–H groups in total. The topological polar surface area (TPSA) is 102 Å². The molecule has 0 saturated carbocycles. The van der Waals surface area contributed by atoms with Crippen LogP contribution < -0.4 is 15.4 Å². The van der Waals surface area contributed by atoms with E-state index in [1.165, 1.54) is 0 Å². The average molecular weight is 389 g/mol. The van der Waals surface area contributed by atoms with E-state index >= 15 is 0 Å². The van der Waals surface area contributed by atoms with Crippen molar-refractivity contribution in [3.05, 3.63) is 71.7 Å². The summed E-state index contributed by atoms with van der Waals surface area (Å²) in [6, 6.07) is 13.2. The molecule has 1 aromatic carbocycles. The molecule has 3 aromatic heterocycles. The molecule has 0 unspecified atom stereocenters. The number of pyridine rings is 1. The van der Waals surface area contributed by atoms with Crippen molar-refractivity contribution in [1.29, 1.82) is 0 Å². The van der Waals surface area contributed by atoms with E-state index in [1.807, 2.05) is 37.3 Å². The highest BCUT2D eigenvalue weighted by Crippen LogP contribution is 2.30.